The van der Waals surface area contributed by atoms with Crippen LogP contribution in [0.4, 0.5) is 5.13 Å². The van der Waals surface area contributed by atoms with Gasteiger partial charge in [-0.3, -0.25) is 4.72 Å². The van der Waals surface area contributed by atoms with Crippen LogP contribution in [0.1, 0.15) is 23.6 Å². The fourth-order valence-electron chi connectivity index (χ4n) is 1.57. The summed E-state index contributed by atoms with van der Waals surface area (Å²) in [5, 5.41) is 5.42. The molecule has 0 aliphatic carbocycles. The Balaban J connectivity index is 2.19. The first kappa shape index (κ1) is 15.4. The second kappa shape index (κ2) is 6.21. The Morgan fingerprint density at radius 2 is 2.15 bits per heavy atom. The molecular weight excluding hydrogens is 314 g/mol. The number of thiazole rings is 1. The molecule has 0 atom stereocenters. The van der Waals surface area contributed by atoms with Crippen LogP contribution in [0.2, 0.25) is 0 Å². The molecule has 2 N–H and O–H groups in total. The average Bonchev–Trinajstić information content (AvgIpc) is 2.95. The van der Waals surface area contributed by atoms with Crippen molar-refractivity contribution in [2.24, 2.45) is 0 Å². The first-order valence-corrected chi connectivity index (χ1v) is 9.31. The fourth-order valence-corrected chi connectivity index (χ4v) is 4.87. The highest BCUT2D eigenvalue weighted by molar-refractivity contribution is 7.93. The summed E-state index contributed by atoms with van der Waals surface area (Å²) in [7, 11) is -3.57. The van der Waals surface area contributed by atoms with E-state index in [2.05, 4.69) is 15.0 Å². The van der Waals surface area contributed by atoms with Crippen molar-refractivity contribution in [3.05, 3.63) is 27.4 Å². The molecule has 0 spiro atoms. The number of hydrogen-bond donors (Lipinski definition) is 2. The summed E-state index contributed by atoms with van der Waals surface area (Å²) in [6, 6.07) is 1.94. The normalized spacial score (nSPS) is 12.0. The first-order valence-electron chi connectivity index (χ1n) is 6.13. The molecule has 5 nitrogen and oxygen atoms in total. The molecule has 0 amide bonds. The molecule has 0 fully saturated rings. The summed E-state index contributed by atoms with van der Waals surface area (Å²) < 4.78 is 27.3. The van der Waals surface area contributed by atoms with E-state index in [1.165, 1.54) is 22.7 Å². The van der Waals surface area contributed by atoms with Gasteiger partial charge in [-0.25, -0.2) is 13.4 Å². The third-order valence-corrected chi connectivity index (χ3v) is 5.94. The summed E-state index contributed by atoms with van der Waals surface area (Å²) in [5.41, 5.74) is 0. The molecule has 8 heteroatoms. The number of thiophene rings is 1. The highest BCUT2D eigenvalue weighted by Gasteiger charge is 2.21. The number of aryl methyl sites for hydroxylation is 1. The van der Waals surface area contributed by atoms with Gasteiger partial charge in [0, 0.05) is 28.5 Å². The minimum absolute atomic E-state index is 0.308. The molecule has 2 heterocycles. The third kappa shape index (κ3) is 3.78. The smallest absolute Gasteiger partial charge is 0.264 e. The van der Waals surface area contributed by atoms with Gasteiger partial charge in [0.1, 0.15) is 4.90 Å². The number of rotatable bonds is 6. The van der Waals surface area contributed by atoms with Gasteiger partial charge in [0.15, 0.2) is 5.13 Å². The van der Waals surface area contributed by atoms with Gasteiger partial charge in [-0.1, -0.05) is 13.8 Å². The average molecular weight is 331 g/mol. The maximum atomic E-state index is 12.4. The third-order valence-electron chi connectivity index (χ3n) is 2.51. The topological polar surface area (TPSA) is 71.1 Å². The van der Waals surface area contributed by atoms with Gasteiger partial charge in [0.2, 0.25) is 0 Å². The number of sulfonamides is 1. The van der Waals surface area contributed by atoms with Crippen LogP contribution in [0.5, 0.6) is 0 Å². The number of hydrogen-bond acceptors (Lipinski definition) is 6. The second-order valence-electron chi connectivity index (χ2n) is 4.63. The maximum Gasteiger partial charge on any atom is 0.264 e. The van der Waals surface area contributed by atoms with Crippen LogP contribution in [0.15, 0.2) is 22.5 Å². The predicted molar refractivity (Wildman–Crippen MR) is 84.0 cm³/mol. The number of aromatic nitrogens is 1. The lowest BCUT2D eigenvalue weighted by Crippen LogP contribution is -2.23. The van der Waals surface area contributed by atoms with Crippen molar-refractivity contribution in [3.8, 4) is 0 Å². The predicted octanol–water partition coefficient (Wildman–Crippen LogP) is 2.81. The van der Waals surface area contributed by atoms with Gasteiger partial charge in [-0.2, -0.15) is 0 Å². The molecule has 0 bridgehead atoms. The highest BCUT2D eigenvalue weighted by Crippen LogP contribution is 2.26. The molecule has 20 heavy (non-hydrogen) atoms. The van der Waals surface area contributed by atoms with Crippen molar-refractivity contribution in [1.29, 1.82) is 0 Å². The SMILES string of the molecule is Cc1cnc(NS(=O)(=O)c2ccsc2CNC(C)C)s1. The van der Waals surface area contributed by atoms with Gasteiger partial charge in [0.05, 0.1) is 0 Å². The lowest BCUT2D eigenvalue weighted by atomic mass is 10.4. The zero-order chi connectivity index (χ0) is 14.8. The molecule has 2 rings (SSSR count). The van der Waals surface area contributed by atoms with E-state index in [1.807, 2.05) is 20.8 Å². The molecule has 0 saturated heterocycles. The monoisotopic (exact) mass is 331 g/mol. The van der Waals surface area contributed by atoms with Crippen LogP contribution in [-0.2, 0) is 16.6 Å². The van der Waals surface area contributed by atoms with Crippen LogP contribution in [0, 0.1) is 6.92 Å². The Morgan fingerprint density at radius 1 is 1.40 bits per heavy atom. The molecule has 0 aliphatic rings. The zero-order valence-electron chi connectivity index (χ0n) is 11.5. The van der Waals surface area contributed by atoms with Crippen molar-refractivity contribution in [2.75, 3.05) is 4.72 Å². The molecule has 0 unspecified atom stereocenters. The van der Waals surface area contributed by atoms with Crippen molar-refractivity contribution >= 4 is 37.8 Å². The standard InChI is InChI=1S/C12H17N3O2S3/c1-8(2)13-7-10-11(4-5-18-10)20(16,17)15-12-14-6-9(3)19-12/h4-6,8,13H,7H2,1-3H3,(H,14,15). The molecule has 0 radical (unpaired) electrons. The summed E-state index contributed by atoms with van der Waals surface area (Å²) in [6.45, 7) is 6.48. The highest BCUT2D eigenvalue weighted by atomic mass is 32.2. The lowest BCUT2D eigenvalue weighted by molar-refractivity contribution is 0.581. The number of nitrogens with one attached hydrogen (secondary N) is 2. The minimum Gasteiger partial charge on any atom is -0.310 e. The quantitative estimate of drug-likeness (QED) is 0.854. The fraction of sp³-hybridized carbons (Fsp3) is 0.417. The summed E-state index contributed by atoms with van der Waals surface area (Å²) in [4.78, 5) is 6.13. The van der Waals surface area contributed by atoms with Crippen LogP contribution >= 0.6 is 22.7 Å². The molecule has 2 aromatic rings. The number of anilines is 1. The largest absolute Gasteiger partial charge is 0.310 e. The molecule has 110 valence electrons. The van der Waals surface area contributed by atoms with Gasteiger partial charge in [-0.15, -0.1) is 22.7 Å². The van der Waals surface area contributed by atoms with Crippen molar-refractivity contribution < 1.29 is 8.42 Å². The Kier molecular flexibility index (Phi) is 4.79. The van der Waals surface area contributed by atoms with Crippen LogP contribution in [0.25, 0.3) is 0 Å². The van der Waals surface area contributed by atoms with E-state index in [9.17, 15) is 8.42 Å². The number of nitrogens with zero attached hydrogens (tertiary/aromatic N) is 1. The maximum absolute atomic E-state index is 12.4. The van der Waals surface area contributed by atoms with Crippen molar-refractivity contribution in [2.45, 2.75) is 38.3 Å². The van der Waals surface area contributed by atoms with E-state index >= 15 is 0 Å². The van der Waals surface area contributed by atoms with E-state index in [0.717, 1.165) is 9.75 Å². The second-order valence-corrected chi connectivity index (χ2v) is 8.51. The van der Waals surface area contributed by atoms with E-state index in [4.69, 9.17) is 0 Å². The summed E-state index contributed by atoms with van der Waals surface area (Å²) in [6.07, 6.45) is 1.65. The van der Waals surface area contributed by atoms with Crippen molar-refractivity contribution in [1.82, 2.24) is 10.3 Å². The van der Waals surface area contributed by atoms with Crippen LogP contribution in [-0.4, -0.2) is 19.4 Å². The van der Waals surface area contributed by atoms with E-state index in [0.29, 0.717) is 22.6 Å². The Labute approximate surface area is 127 Å². The van der Waals surface area contributed by atoms with E-state index in [-0.39, 0.29) is 0 Å². The van der Waals surface area contributed by atoms with Crippen LogP contribution in [0.3, 0.4) is 0 Å². The lowest BCUT2D eigenvalue weighted by Gasteiger charge is -2.09. The van der Waals surface area contributed by atoms with E-state index < -0.39 is 10.0 Å². The Morgan fingerprint density at radius 3 is 2.75 bits per heavy atom. The van der Waals surface area contributed by atoms with Crippen molar-refractivity contribution in [3.63, 3.8) is 0 Å². The summed E-state index contributed by atoms with van der Waals surface area (Å²) >= 11 is 2.76. The molecule has 0 saturated carbocycles. The Bertz CT molecular complexity index is 674. The molecule has 0 aromatic carbocycles. The van der Waals surface area contributed by atoms with Gasteiger partial charge < -0.3 is 5.32 Å². The van der Waals surface area contributed by atoms with E-state index in [1.54, 1.807) is 17.6 Å². The minimum atomic E-state index is -3.57. The molecular formula is C12H17N3O2S3. The molecule has 0 aliphatic heterocycles. The van der Waals surface area contributed by atoms with Crippen LogP contribution < -0.4 is 10.0 Å². The zero-order valence-corrected chi connectivity index (χ0v) is 14.0. The summed E-state index contributed by atoms with van der Waals surface area (Å²) in [5.74, 6) is 0. The van der Waals surface area contributed by atoms with Gasteiger partial charge in [-0.05, 0) is 18.4 Å². The van der Waals surface area contributed by atoms with Gasteiger partial charge >= 0.3 is 0 Å². The molecule has 2 aromatic heterocycles. The Hall–Kier alpha value is -0.960. The first-order chi connectivity index (χ1) is 9.38. The van der Waals surface area contributed by atoms with Gasteiger partial charge in [0.25, 0.3) is 10.0 Å².